The van der Waals surface area contributed by atoms with Gasteiger partial charge < -0.3 is 31.5 Å². The number of piperidine rings is 2. The second-order valence-electron chi connectivity index (χ2n) is 11.8. The van der Waals surface area contributed by atoms with Gasteiger partial charge in [-0.05, 0) is 70.1 Å². The van der Waals surface area contributed by atoms with Crippen molar-refractivity contribution in [1.82, 2.24) is 15.1 Å². The lowest BCUT2D eigenvalue weighted by atomic mass is 9.79. The van der Waals surface area contributed by atoms with Gasteiger partial charge in [-0.25, -0.2) is 0 Å². The van der Waals surface area contributed by atoms with Crippen molar-refractivity contribution >= 4 is 52.3 Å². The highest BCUT2D eigenvalue weighted by atomic mass is 35.5. The number of aliphatic hydroxyl groups is 2. The lowest BCUT2D eigenvalue weighted by molar-refractivity contribution is -0.117. The Labute approximate surface area is 279 Å². The van der Waals surface area contributed by atoms with Crippen LogP contribution in [-0.2, 0) is 17.9 Å². The van der Waals surface area contributed by atoms with E-state index in [1.54, 1.807) is 12.1 Å². The number of hydrogen-bond acceptors (Lipinski definition) is 8. The fraction of sp³-hybridized carbons (Fsp3) is 0.516. The highest BCUT2D eigenvalue weighted by molar-refractivity contribution is 6.42. The first kappa shape index (κ1) is 36.7. The van der Waals surface area contributed by atoms with Gasteiger partial charge in [-0.2, -0.15) is 0 Å². The summed E-state index contributed by atoms with van der Waals surface area (Å²) in [5, 5.41) is 43.4. The minimum Gasteiger partial charge on any atom is -0.508 e. The number of likely N-dealkylation sites (tertiary alicyclic amines) is 2. The van der Waals surface area contributed by atoms with Gasteiger partial charge in [-0.3, -0.25) is 14.6 Å². The highest BCUT2D eigenvalue weighted by Crippen LogP contribution is 2.35. The summed E-state index contributed by atoms with van der Waals surface area (Å²) >= 11 is 23.7. The van der Waals surface area contributed by atoms with Crippen molar-refractivity contribution in [3.05, 3.63) is 68.1 Å². The molecule has 0 saturated carbocycles. The number of carbonyl (C=O) groups excluding carboxylic acids is 1. The quantitative estimate of drug-likeness (QED) is 0.195. The van der Waals surface area contributed by atoms with Gasteiger partial charge in [0.25, 0.3) is 0 Å². The molecular formula is C31H42Cl4N4O5. The van der Waals surface area contributed by atoms with E-state index in [9.17, 15) is 25.2 Å². The predicted octanol–water partition coefficient (Wildman–Crippen LogP) is 4.81. The molecule has 0 aromatic heterocycles. The second kappa shape index (κ2) is 16.7. The van der Waals surface area contributed by atoms with Crippen LogP contribution in [0.25, 0.3) is 0 Å². The van der Waals surface area contributed by atoms with Gasteiger partial charge >= 0.3 is 0 Å². The second-order valence-corrected chi connectivity index (χ2v) is 13.4. The molecule has 0 aliphatic carbocycles. The molecule has 0 spiro atoms. The van der Waals surface area contributed by atoms with Crippen molar-refractivity contribution in [3.8, 4) is 11.5 Å². The van der Waals surface area contributed by atoms with Gasteiger partial charge in [-0.15, -0.1) is 0 Å². The monoisotopic (exact) mass is 690 g/mol. The molecule has 2 saturated heterocycles. The minimum atomic E-state index is -0.311. The molecule has 2 aromatic rings. The fourth-order valence-electron chi connectivity index (χ4n) is 5.43. The summed E-state index contributed by atoms with van der Waals surface area (Å²) in [7, 11) is 0. The third-order valence-electron chi connectivity index (χ3n) is 8.79. The molecule has 4 rings (SSSR count). The molecule has 0 atom stereocenters. The van der Waals surface area contributed by atoms with E-state index in [1.807, 2.05) is 0 Å². The maximum atomic E-state index is 11.3. The van der Waals surface area contributed by atoms with E-state index in [4.69, 9.17) is 52.1 Å². The number of halogens is 4. The number of hydrogen-bond donors (Lipinski definition) is 6. The van der Waals surface area contributed by atoms with Crippen molar-refractivity contribution in [2.75, 3.05) is 52.5 Å². The van der Waals surface area contributed by atoms with Crippen LogP contribution in [0.1, 0.15) is 36.8 Å². The van der Waals surface area contributed by atoms with Crippen molar-refractivity contribution in [2.24, 2.45) is 16.6 Å². The number of carbonyl (C=O) groups is 1. The van der Waals surface area contributed by atoms with Crippen LogP contribution in [0.3, 0.4) is 0 Å². The molecule has 0 unspecified atom stereocenters. The van der Waals surface area contributed by atoms with E-state index in [1.165, 1.54) is 18.2 Å². The van der Waals surface area contributed by atoms with Crippen molar-refractivity contribution in [1.29, 1.82) is 0 Å². The summed E-state index contributed by atoms with van der Waals surface area (Å²) in [6.07, 6.45) is 4.46. The summed E-state index contributed by atoms with van der Waals surface area (Å²) in [5.41, 5.74) is 6.79. The standard InChI is InChI=1S/C17H22Cl2N2O3.C14H20Cl2N2O2/c1-2-16(24)20-10-17(11-22)3-5-21(6-4-17)9-12-7-13(18)14(19)8-15(12)23;15-11-5-10(13(20)6-12(11)16)7-18-3-1-14(8-17,9-19)2-4-18/h2,7-8,22-23H,1,3-6,9-11H2,(H,20,24);5-6,19-20H,1-4,7-9,17H2. The van der Waals surface area contributed by atoms with Crippen molar-refractivity contribution in [3.63, 3.8) is 0 Å². The summed E-state index contributed by atoms with van der Waals surface area (Å²) in [6, 6.07) is 6.31. The average Bonchev–Trinajstić information content (AvgIpc) is 3.03. The molecule has 1 amide bonds. The first-order valence-electron chi connectivity index (χ1n) is 14.5. The number of aromatic hydroxyl groups is 2. The van der Waals surface area contributed by atoms with E-state index >= 15 is 0 Å². The van der Waals surface area contributed by atoms with Crippen molar-refractivity contribution < 1.29 is 25.2 Å². The van der Waals surface area contributed by atoms with Gasteiger partial charge in [0, 0.05) is 66.9 Å². The number of phenols is 2. The molecule has 13 heteroatoms. The van der Waals surface area contributed by atoms with E-state index in [-0.39, 0.29) is 41.4 Å². The van der Waals surface area contributed by atoms with Crippen LogP contribution in [0.2, 0.25) is 20.1 Å². The highest BCUT2D eigenvalue weighted by Gasteiger charge is 2.35. The zero-order valence-electron chi connectivity index (χ0n) is 24.7. The zero-order chi connectivity index (χ0) is 32.5. The maximum Gasteiger partial charge on any atom is 0.243 e. The van der Waals surface area contributed by atoms with E-state index in [2.05, 4.69) is 21.7 Å². The van der Waals surface area contributed by atoms with Gasteiger partial charge in [0.05, 0.1) is 26.7 Å². The molecular weight excluding hydrogens is 650 g/mol. The first-order valence-corrected chi connectivity index (χ1v) is 16.0. The molecule has 2 aliphatic heterocycles. The lowest BCUT2D eigenvalue weighted by Gasteiger charge is -2.40. The Balaban J connectivity index is 0.000000244. The Kier molecular flexibility index (Phi) is 13.9. The third-order valence-corrected chi connectivity index (χ3v) is 10.2. The molecule has 0 radical (unpaired) electrons. The van der Waals surface area contributed by atoms with Crippen LogP contribution in [0.15, 0.2) is 36.9 Å². The van der Waals surface area contributed by atoms with Crippen molar-refractivity contribution in [2.45, 2.75) is 38.8 Å². The summed E-state index contributed by atoms with van der Waals surface area (Å²) in [5.74, 6) is 0.0600. The third kappa shape index (κ3) is 9.85. The fourth-order valence-corrected chi connectivity index (χ4v) is 6.11. The van der Waals surface area contributed by atoms with E-state index in [0.717, 1.165) is 63.0 Å². The summed E-state index contributed by atoms with van der Waals surface area (Å²) < 4.78 is 0. The Morgan fingerprint density at radius 2 is 1.18 bits per heavy atom. The van der Waals surface area contributed by atoms with Crippen LogP contribution < -0.4 is 11.1 Å². The smallest absolute Gasteiger partial charge is 0.243 e. The number of nitrogens with two attached hydrogens (primary N) is 1. The Morgan fingerprint density at radius 1 is 0.795 bits per heavy atom. The lowest BCUT2D eigenvalue weighted by Crippen LogP contribution is -2.47. The Bertz CT molecular complexity index is 1280. The number of amides is 1. The number of nitrogens with zero attached hydrogens (tertiary/aromatic N) is 2. The predicted molar refractivity (Wildman–Crippen MR) is 177 cm³/mol. The molecule has 2 fully saturated rings. The number of phenolic OH excluding ortho intramolecular Hbond substituents is 2. The SMILES string of the molecule is C=CC(=O)NCC1(CO)CCN(Cc2cc(Cl)c(Cl)cc2O)CC1.NCC1(CO)CCN(Cc2cc(Cl)c(Cl)cc2O)CC1. The van der Waals surface area contributed by atoms with Crippen LogP contribution in [0, 0.1) is 10.8 Å². The van der Waals surface area contributed by atoms with Crippen LogP contribution >= 0.6 is 46.4 Å². The summed E-state index contributed by atoms with van der Waals surface area (Å²) in [4.78, 5) is 15.8. The molecule has 7 N–H and O–H groups in total. The summed E-state index contributed by atoms with van der Waals surface area (Å²) in [6.45, 7) is 8.90. The van der Waals surface area contributed by atoms with Gasteiger partial charge in [-0.1, -0.05) is 53.0 Å². The number of aliphatic hydroxyl groups excluding tert-OH is 2. The minimum absolute atomic E-state index is 0.0241. The molecule has 9 nitrogen and oxygen atoms in total. The largest absolute Gasteiger partial charge is 0.508 e. The Morgan fingerprint density at radius 3 is 1.55 bits per heavy atom. The molecule has 0 bridgehead atoms. The zero-order valence-corrected chi connectivity index (χ0v) is 27.7. The molecule has 244 valence electrons. The number of nitrogens with one attached hydrogen (secondary N) is 1. The topological polar surface area (TPSA) is 143 Å². The van der Waals surface area contributed by atoms with Crippen LogP contribution in [0.5, 0.6) is 11.5 Å². The maximum absolute atomic E-state index is 11.3. The van der Waals surface area contributed by atoms with Gasteiger partial charge in [0.15, 0.2) is 0 Å². The molecule has 2 heterocycles. The Hall–Kier alpha value is -1.79. The number of benzene rings is 2. The molecule has 44 heavy (non-hydrogen) atoms. The first-order chi connectivity index (χ1) is 20.9. The van der Waals surface area contributed by atoms with E-state index < -0.39 is 0 Å². The van der Waals surface area contributed by atoms with E-state index in [0.29, 0.717) is 46.3 Å². The normalized spacial score (nSPS) is 18.2. The molecule has 2 aliphatic rings. The van der Waals surface area contributed by atoms with Crippen LogP contribution in [-0.4, -0.2) is 88.6 Å². The average molecular weight is 693 g/mol. The van der Waals surface area contributed by atoms with Crippen LogP contribution in [0.4, 0.5) is 0 Å². The van der Waals surface area contributed by atoms with Gasteiger partial charge in [0.2, 0.25) is 5.91 Å². The molecule has 2 aromatic carbocycles. The number of rotatable bonds is 10. The van der Waals surface area contributed by atoms with Gasteiger partial charge in [0.1, 0.15) is 11.5 Å².